The summed E-state index contributed by atoms with van der Waals surface area (Å²) in [5, 5.41) is 0. The van der Waals surface area contributed by atoms with Gasteiger partial charge in [0.15, 0.2) is 0 Å². The van der Waals surface area contributed by atoms with Crippen molar-refractivity contribution in [2.45, 2.75) is 17.4 Å². The predicted molar refractivity (Wildman–Crippen MR) is 75.4 cm³/mol. The highest BCUT2D eigenvalue weighted by molar-refractivity contribution is 9.09. The summed E-state index contributed by atoms with van der Waals surface area (Å²) in [5.41, 5.74) is 0.832. The molecule has 0 radical (unpaired) electrons. The predicted octanol–water partition coefficient (Wildman–Crippen LogP) is 4.18. The van der Waals surface area contributed by atoms with Gasteiger partial charge in [0.05, 0.1) is 12.7 Å². The Balaban J connectivity index is 2.11. The number of methoxy groups -OCH3 is 1. The van der Waals surface area contributed by atoms with E-state index in [4.69, 9.17) is 4.74 Å². The molecule has 112 valence electrons. The minimum atomic E-state index is -4.32. The van der Waals surface area contributed by atoms with Crippen LogP contribution in [0.3, 0.4) is 0 Å². The highest BCUT2D eigenvalue weighted by atomic mass is 79.9. The molecule has 1 heterocycles. The second kappa shape index (κ2) is 6.43. The fourth-order valence-electron chi connectivity index (χ4n) is 1.78. The summed E-state index contributed by atoms with van der Waals surface area (Å²) < 4.78 is 42.5. The van der Waals surface area contributed by atoms with Crippen molar-refractivity contribution in [1.82, 2.24) is 9.97 Å². The summed E-state index contributed by atoms with van der Waals surface area (Å²) in [6.07, 6.45) is -2.41. The van der Waals surface area contributed by atoms with Crippen molar-refractivity contribution in [3.05, 3.63) is 53.5 Å². The third-order valence-corrected chi connectivity index (χ3v) is 3.75. The topological polar surface area (TPSA) is 35.0 Å². The standard InChI is InChI=1S/C14H12BrF3N2O/c1-21-13-7-11(19-8-20-13)6-12(15)9-2-4-10(5-3-9)14(16,17)18/h2-5,7-8,12H,6H2,1H3. The number of hydrogen-bond acceptors (Lipinski definition) is 3. The van der Waals surface area contributed by atoms with Gasteiger partial charge in [0.2, 0.25) is 5.88 Å². The molecule has 0 amide bonds. The van der Waals surface area contributed by atoms with Crippen LogP contribution >= 0.6 is 15.9 Å². The Morgan fingerprint density at radius 2 is 1.86 bits per heavy atom. The summed E-state index contributed by atoms with van der Waals surface area (Å²) >= 11 is 3.46. The van der Waals surface area contributed by atoms with Crippen molar-refractivity contribution in [3.8, 4) is 5.88 Å². The maximum atomic E-state index is 12.5. The molecule has 21 heavy (non-hydrogen) atoms. The Kier molecular flexibility index (Phi) is 4.82. The monoisotopic (exact) mass is 360 g/mol. The lowest BCUT2D eigenvalue weighted by atomic mass is 10.1. The number of ether oxygens (including phenoxy) is 1. The van der Waals surface area contributed by atoms with E-state index in [1.165, 1.54) is 25.6 Å². The Hall–Kier alpha value is -1.63. The Morgan fingerprint density at radius 1 is 1.19 bits per heavy atom. The van der Waals surface area contributed by atoms with Crippen molar-refractivity contribution >= 4 is 15.9 Å². The largest absolute Gasteiger partial charge is 0.481 e. The highest BCUT2D eigenvalue weighted by Gasteiger charge is 2.30. The number of hydrogen-bond donors (Lipinski definition) is 0. The van der Waals surface area contributed by atoms with Crippen LogP contribution in [0.4, 0.5) is 13.2 Å². The van der Waals surface area contributed by atoms with E-state index >= 15 is 0 Å². The van der Waals surface area contributed by atoms with Crippen molar-refractivity contribution in [2.24, 2.45) is 0 Å². The third-order valence-electron chi connectivity index (χ3n) is 2.90. The Morgan fingerprint density at radius 3 is 2.43 bits per heavy atom. The fraction of sp³-hybridized carbons (Fsp3) is 0.286. The molecule has 2 rings (SSSR count). The molecule has 0 saturated heterocycles. The lowest BCUT2D eigenvalue weighted by molar-refractivity contribution is -0.137. The molecule has 1 atom stereocenters. The average Bonchev–Trinajstić information content (AvgIpc) is 2.46. The zero-order valence-corrected chi connectivity index (χ0v) is 12.6. The van der Waals surface area contributed by atoms with Crippen LogP contribution in [0.2, 0.25) is 0 Å². The lowest BCUT2D eigenvalue weighted by Crippen LogP contribution is -2.05. The van der Waals surface area contributed by atoms with Crippen LogP contribution in [0.1, 0.15) is 21.6 Å². The van der Waals surface area contributed by atoms with Gasteiger partial charge in [-0.2, -0.15) is 13.2 Å². The number of nitrogens with zero attached hydrogens (tertiary/aromatic N) is 2. The number of alkyl halides is 4. The SMILES string of the molecule is COc1cc(CC(Br)c2ccc(C(F)(F)F)cc2)ncn1. The zero-order valence-electron chi connectivity index (χ0n) is 11.1. The molecule has 0 spiro atoms. The van der Waals surface area contributed by atoms with Gasteiger partial charge in [0.25, 0.3) is 0 Å². The zero-order chi connectivity index (χ0) is 15.5. The molecular weight excluding hydrogens is 349 g/mol. The van der Waals surface area contributed by atoms with E-state index in [9.17, 15) is 13.2 Å². The van der Waals surface area contributed by atoms with Gasteiger partial charge < -0.3 is 4.74 Å². The molecule has 0 aliphatic rings. The first kappa shape index (κ1) is 15.8. The van der Waals surface area contributed by atoms with Gasteiger partial charge in [0.1, 0.15) is 6.33 Å². The van der Waals surface area contributed by atoms with Crippen LogP contribution in [-0.2, 0) is 12.6 Å². The fourth-order valence-corrected chi connectivity index (χ4v) is 2.42. The number of rotatable bonds is 4. The molecule has 0 aliphatic carbocycles. The normalized spacial score (nSPS) is 13.0. The van der Waals surface area contributed by atoms with Gasteiger partial charge in [-0.05, 0) is 17.7 Å². The van der Waals surface area contributed by atoms with Crippen molar-refractivity contribution < 1.29 is 17.9 Å². The molecule has 0 fully saturated rings. The summed E-state index contributed by atoms with van der Waals surface area (Å²) in [4.78, 5) is 7.87. The molecular formula is C14H12BrF3N2O. The van der Waals surface area contributed by atoms with Crippen LogP contribution in [0.5, 0.6) is 5.88 Å². The number of halogens is 4. The summed E-state index contributed by atoms with van der Waals surface area (Å²) in [7, 11) is 1.51. The first-order chi connectivity index (χ1) is 9.90. The molecule has 7 heteroatoms. The quantitative estimate of drug-likeness (QED) is 0.767. The van der Waals surface area contributed by atoms with E-state index in [1.54, 1.807) is 6.07 Å². The molecule has 2 aromatic rings. The first-order valence-corrected chi connectivity index (χ1v) is 6.98. The van der Waals surface area contributed by atoms with E-state index in [-0.39, 0.29) is 4.83 Å². The van der Waals surface area contributed by atoms with Crippen molar-refractivity contribution in [2.75, 3.05) is 7.11 Å². The lowest BCUT2D eigenvalue weighted by Gasteiger charge is -2.12. The van der Waals surface area contributed by atoms with E-state index in [2.05, 4.69) is 25.9 Å². The van der Waals surface area contributed by atoms with E-state index in [0.29, 0.717) is 12.3 Å². The third kappa shape index (κ3) is 4.17. The van der Waals surface area contributed by atoms with Crippen molar-refractivity contribution in [3.63, 3.8) is 0 Å². The van der Waals surface area contributed by atoms with Crippen LogP contribution in [0.25, 0.3) is 0 Å². The van der Waals surface area contributed by atoms with Crippen LogP contribution in [0, 0.1) is 0 Å². The summed E-state index contributed by atoms with van der Waals surface area (Å²) in [6, 6.07) is 6.76. The molecule has 0 N–H and O–H groups in total. The molecule has 1 aromatic heterocycles. The van der Waals surface area contributed by atoms with Gasteiger partial charge in [0, 0.05) is 23.0 Å². The van der Waals surface area contributed by atoms with Crippen molar-refractivity contribution in [1.29, 1.82) is 0 Å². The van der Waals surface area contributed by atoms with Gasteiger partial charge >= 0.3 is 6.18 Å². The van der Waals surface area contributed by atoms with Crippen LogP contribution < -0.4 is 4.74 Å². The van der Waals surface area contributed by atoms with E-state index < -0.39 is 11.7 Å². The van der Waals surface area contributed by atoms with Gasteiger partial charge in [-0.25, -0.2) is 9.97 Å². The Labute approximate surface area is 128 Å². The molecule has 3 nitrogen and oxygen atoms in total. The highest BCUT2D eigenvalue weighted by Crippen LogP contribution is 2.32. The minimum absolute atomic E-state index is 0.139. The van der Waals surface area contributed by atoms with E-state index in [0.717, 1.165) is 23.4 Å². The second-order valence-corrected chi connectivity index (χ2v) is 5.45. The second-order valence-electron chi connectivity index (χ2n) is 4.34. The average molecular weight is 361 g/mol. The van der Waals surface area contributed by atoms with Crippen LogP contribution in [-0.4, -0.2) is 17.1 Å². The maximum Gasteiger partial charge on any atom is 0.416 e. The molecule has 0 aliphatic heterocycles. The smallest absolute Gasteiger partial charge is 0.416 e. The first-order valence-electron chi connectivity index (χ1n) is 6.06. The number of benzene rings is 1. The van der Waals surface area contributed by atoms with E-state index in [1.807, 2.05) is 0 Å². The van der Waals surface area contributed by atoms with Gasteiger partial charge in [-0.3, -0.25) is 0 Å². The van der Waals surface area contributed by atoms with Crippen LogP contribution in [0.15, 0.2) is 36.7 Å². The Bertz CT molecular complexity index is 602. The number of aromatic nitrogens is 2. The molecule has 1 unspecified atom stereocenters. The molecule has 0 bridgehead atoms. The maximum absolute atomic E-state index is 12.5. The summed E-state index contributed by atoms with van der Waals surface area (Å²) in [5.74, 6) is 0.451. The van der Waals surface area contributed by atoms with Gasteiger partial charge in [-0.15, -0.1) is 0 Å². The van der Waals surface area contributed by atoms with Gasteiger partial charge in [-0.1, -0.05) is 28.1 Å². The molecule has 0 saturated carbocycles. The minimum Gasteiger partial charge on any atom is -0.481 e. The molecule has 1 aromatic carbocycles. The summed E-state index contributed by atoms with van der Waals surface area (Å²) in [6.45, 7) is 0.